The molecule has 0 saturated carbocycles. The number of carbonyl (C=O) groups excluding carboxylic acids is 2. The summed E-state index contributed by atoms with van der Waals surface area (Å²) >= 11 is 1.19. The Morgan fingerprint density at radius 3 is 2.71 bits per heavy atom. The number of hydrogen-bond acceptors (Lipinski definition) is 8. The van der Waals surface area contributed by atoms with Gasteiger partial charge in [0.25, 0.3) is 0 Å². The molecule has 1 aromatic carbocycles. The summed E-state index contributed by atoms with van der Waals surface area (Å²) in [5.74, 6) is 0. The predicted octanol–water partition coefficient (Wildman–Crippen LogP) is 3.45. The van der Waals surface area contributed by atoms with Gasteiger partial charge >= 0.3 is 0 Å². The summed E-state index contributed by atoms with van der Waals surface area (Å²) in [5.41, 5.74) is 3.36. The van der Waals surface area contributed by atoms with Crippen molar-refractivity contribution in [3.63, 3.8) is 0 Å². The minimum Gasteiger partial charge on any atom is -0.461 e. The Morgan fingerprint density at radius 1 is 1.39 bits per heavy atom. The molecule has 8 heteroatoms. The Bertz CT molecular complexity index is 910. The van der Waals surface area contributed by atoms with E-state index >= 15 is 0 Å². The van der Waals surface area contributed by atoms with E-state index in [1.54, 1.807) is 12.3 Å². The van der Waals surface area contributed by atoms with Gasteiger partial charge in [-0.25, -0.2) is 0 Å². The van der Waals surface area contributed by atoms with Gasteiger partial charge in [0, 0.05) is 35.8 Å². The summed E-state index contributed by atoms with van der Waals surface area (Å²) in [5, 5.41) is 13.8. The lowest BCUT2D eigenvalue weighted by molar-refractivity contribution is -0.00526. The third-order valence-corrected chi connectivity index (χ3v) is 5.45. The van der Waals surface area contributed by atoms with Gasteiger partial charge in [-0.2, -0.15) is 5.26 Å². The molecule has 3 atom stereocenters. The molecule has 0 bridgehead atoms. The number of thioether (sulfide) groups is 1. The SMILES string of the molecule is C[C@@H]1CN(c2c(C=O)cc3c(NC[C@H](C)SC=O)coc3c2C#N)C[C@@H](C)O1. The quantitative estimate of drug-likeness (QED) is 0.705. The number of carbonyl (C=O) groups is 2. The van der Waals surface area contributed by atoms with Gasteiger partial charge in [-0.05, 0) is 19.9 Å². The fourth-order valence-electron chi connectivity index (χ4n) is 3.61. The lowest BCUT2D eigenvalue weighted by Gasteiger charge is -2.37. The Morgan fingerprint density at radius 2 is 2.11 bits per heavy atom. The second kappa shape index (κ2) is 8.67. The molecular weight excluding hydrogens is 378 g/mol. The van der Waals surface area contributed by atoms with E-state index in [1.807, 2.05) is 25.7 Å². The minimum absolute atomic E-state index is 0.00359. The Hall–Kier alpha value is -2.50. The van der Waals surface area contributed by atoms with E-state index in [1.165, 1.54) is 11.8 Å². The molecule has 1 aliphatic rings. The van der Waals surface area contributed by atoms with Crippen molar-refractivity contribution in [3.8, 4) is 6.07 Å². The molecule has 0 spiro atoms. The lowest BCUT2D eigenvalue weighted by atomic mass is 10.0. The van der Waals surface area contributed by atoms with Crippen molar-refractivity contribution in [3.05, 3.63) is 23.5 Å². The highest BCUT2D eigenvalue weighted by Gasteiger charge is 2.28. The largest absolute Gasteiger partial charge is 0.461 e. The Labute approximate surface area is 168 Å². The third kappa shape index (κ3) is 4.01. The van der Waals surface area contributed by atoms with Crippen LogP contribution in [0.4, 0.5) is 11.4 Å². The molecule has 0 aliphatic carbocycles. The van der Waals surface area contributed by atoms with E-state index in [0.29, 0.717) is 53.1 Å². The van der Waals surface area contributed by atoms with Gasteiger partial charge in [0.05, 0.1) is 23.6 Å². The molecule has 1 fully saturated rings. The molecule has 0 unspecified atom stereocenters. The third-order valence-electron chi connectivity index (χ3n) is 4.71. The molecule has 0 amide bonds. The summed E-state index contributed by atoms with van der Waals surface area (Å²) in [7, 11) is 0. The summed E-state index contributed by atoms with van der Waals surface area (Å²) in [6, 6.07) is 3.98. The maximum Gasteiger partial charge on any atom is 0.176 e. The maximum atomic E-state index is 11.9. The number of ether oxygens (including phenoxy) is 1. The molecule has 1 N–H and O–H groups in total. The average Bonchev–Trinajstić information content (AvgIpc) is 3.06. The summed E-state index contributed by atoms with van der Waals surface area (Å²) in [6.45, 7) is 7.62. The molecular formula is C20H23N3O4S. The zero-order chi connectivity index (χ0) is 20.3. The number of fused-ring (bicyclic) bond motifs is 1. The van der Waals surface area contributed by atoms with E-state index in [0.717, 1.165) is 11.9 Å². The molecule has 1 aromatic heterocycles. The summed E-state index contributed by atoms with van der Waals surface area (Å²) in [6.07, 6.45) is 2.32. The topological polar surface area (TPSA) is 95.6 Å². The number of rotatable bonds is 7. The van der Waals surface area contributed by atoms with Gasteiger partial charge in [0.15, 0.2) is 17.5 Å². The second-order valence-corrected chi connectivity index (χ2v) is 8.30. The Kier molecular flexibility index (Phi) is 6.27. The lowest BCUT2D eigenvalue weighted by Crippen LogP contribution is -2.46. The van der Waals surface area contributed by atoms with Crippen molar-refractivity contribution in [2.24, 2.45) is 0 Å². The molecule has 3 rings (SSSR count). The molecule has 1 aliphatic heterocycles. The van der Waals surface area contributed by atoms with Crippen LogP contribution in [0.5, 0.6) is 0 Å². The number of aldehydes is 1. The zero-order valence-corrected chi connectivity index (χ0v) is 16.9. The summed E-state index contributed by atoms with van der Waals surface area (Å²) < 4.78 is 11.5. The van der Waals surface area contributed by atoms with Gasteiger partial charge in [0.2, 0.25) is 0 Å². The van der Waals surface area contributed by atoms with Crippen molar-refractivity contribution in [1.82, 2.24) is 0 Å². The number of nitrogens with zero attached hydrogens (tertiary/aromatic N) is 2. The first-order valence-electron chi connectivity index (χ1n) is 9.15. The van der Waals surface area contributed by atoms with Crippen LogP contribution >= 0.6 is 11.8 Å². The fraction of sp³-hybridized carbons (Fsp3) is 0.450. The zero-order valence-electron chi connectivity index (χ0n) is 16.1. The summed E-state index contributed by atoms with van der Waals surface area (Å²) in [4.78, 5) is 24.5. The highest BCUT2D eigenvalue weighted by atomic mass is 32.2. The van der Waals surface area contributed by atoms with E-state index in [-0.39, 0.29) is 17.5 Å². The number of nitrogens with one attached hydrogen (secondary N) is 1. The first kappa shape index (κ1) is 20.2. The van der Waals surface area contributed by atoms with Crippen LogP contribution in [-0.4, -0.2) is 49.0 Å². The number of anilines is 2. The van der Waals surface area contributed by atoms with Gasteiger partial charge < -0.3 is 19.4 Å². The minimum atomic E-state index is -0.00359. The molecule has 0 radical (unpaired) electrons. The molecule has 2 aromatic rings. The van der Waals surface area contributed by atoms with Crippen LogP contribution in [0.3, 0.4) is 0 Å². The molecule has 28 heavy (non-hydrogen) atoms. The molecule has 1 saturated heterocycles. The van der Waals surface area contributed by atoms with Crippen LogP contribution in [0.25, 0.3) is 11.0 Å². The van der Waals surface area contributed by atoms with Crippen molar-refractivity contribution in [2.75, 3.05) is 29.9 Å². The van der Waals surface area contributed by atoms with Crippen molar-refractivity contribution in [1.29, 1.82) is 5.26 Å². The van der Waals surface area contributed by atoms with Crippen molar-refractivity contribution < 1.29 is 18.7 Å². The van der Waals surface area contributed by atoms with Gasteiger partial charge in [0.1, 0.15) is 17.9 Å². The first-order valence-corrected chi connectivity index (χ1v) is 10.1. The van der Waals surface area contributed by atoms with Gasteiger partial charge in [-0.3, -0.25) is 9.59 Å². The van der Waals surface area contributed by atoms with Crippen LogP contribution in [0.1, 0.15) is 36.7 Å². The fourth-order valence-corrected chi connectivity index (χ4v) is 3.98. The van der Waals surface area contributed by atoms with Crippen LogP contribution in [-0.2, 0) is 9.53 Å². The number of nitriles is 1. The van der Waals surface area contributed by atoms with Crippen molar-refractivity contribution in [2.45, 2.75) is 38.2 Å². The van der Waals surface area contributed by atoms with Crippen LogP contribution in [0.2, 0.25) is 0 Å². The highest BCUT2D eigenvalue weighted by Crippen LogP contribution is 2.37. The maximum absolute atomic E-state index is 11.9. The Balaban J connectivity index is 2.03. The van der Waals surface area contributed by atoms with E-state index in [4.69, 9.17) is 9.15 Å². The second-order valence-electron chi connectivity index (χ2n) is 7.03. The van der Waals surface area contributed by atoms with E-state index in [2.05, 4.69) is 11.4 Å². The number of morpholine rings is 1. The standard InChI is InChI=1S/C20H23N3O4S/c1-12-7-23(8-13(2)27-12)19-15(9-24)4-16-18(22-6-14(3)28-11-25)10-26-20(16)17(19)5-21/h4,9-14,22H,6-8H2,1-3H3/t12-,13-,14+/m1/s1. The normalized spacial score (nSPS) is 20.6. The monoisotopic (exact) mass is 401 g/mol. The van der Waals surface area contributed by atoms with Crippen molar-refractivity contribution >= 4 is 46.0 Å². The predicted molar refractivity (Wildman–Crippen MR) is 111 cm³/mol. The van der Waals surface area contributed by atoms with E-state index < -0.39 is 0 Å². The van der Waals surface area contributed by atoms with Crippen LogP contribution in [0.15, 0.2) is 16.7 Å². The number of furan rings is 1. The van der Waals surface area contributed by atoms with E-state index in [9.17, 15) is 14.9 Å². The number of hydrogen-bond donors (Lipinski definition) is 1. The van der Waals surface area contributed by atoms with Gasteiger partial charge in [-0.1, -0.05) is 18.7 Å². The number of benzene rings is 1. The molecule has 148 valence electrons. The molecule has 2 heterocycles. The molecule has 7 nitrogen and oxygen atoms in total. The van der Waals surface area contributed by atoms with Crippen LogP contribution in [0, 0.1) is 11.3 Å². The highest BCUT2D eigenvalue weighted by molar-refractivity contribution is 8.12. The van der Waals surface area contributed by atoms with Crippen LogP contribution < -0.4 is 10.2 Å². The first-order chi connectivity index (χ1) is 13.5. The van der Waals surface area contributed by atoms with Gasteiger partial charge in [-0.15, -0.1) is 0 Å². The average molecular weight is 401 g/mol. The smallest absolute Gasteiger partial charge is 0.176 e.